The molecule has 0 spiro atoms. The summed E-state index contributed by atoms with van der Waals surface area (Å²) in [6.45, 7) is 10.5. The van der Waals surface area contributed by atoms with Gasteiger partial charge in [-0.05, 0) is 91.3 Å². The van der Waals surface area contributed by atoms with Gasteiger partial charge in [0.1, 0.15) is 0 Å². The Balaban J connectivity index is 1.65. The van der Waals surface area contributed by atoms with Crippen molar-refractivity contribution in [1.82, 2.24) is 0 Å². The molecule has 4 aliphatic carbocycles. The Labute approximate surface area is 138 Å². The summed E-state index contributed by atoms with van der Waals surface area (Å²) in [5.74, 6) is 6.22. The Bertz CT molecular complexity index is 426. The average Bonchev–Trinajstić information content (AvgIpc) is 2.49. The topological polar surface area (TPSA) is 0 Å². The zero-order valence-corrected chi connectivity index (χ0v) is 15.5. The van der Waals surface area contributed by atoms with E-state index in [9.17, 15) is 0 Å². The van der Waals surface area contributed by atoms with Crippen molar-refractivity contribution in [2.24, 2.45) is 46.3 Å². The molecule has 0 aromatic rings. The molecule has 0 nitrogen and oxygen atoms in total. The second kappa shape index (κ2) is 5.25. The molecule has 0 bridgehead atoms. The highest BCUT2D eigenvalue weighted by Crippen LogP contribution is 2.67. The highest BCUT2D eigenvalue weighted by molar-refractivity contribution is 5.07. The molecular weight excluding hydrogens is 264 g/mol. The standard InChI is InChI=1S/C22H38/c1-15-10-12-22(4)17(13-15)8-9-18-19-7-5-6-11-21(19,3)16(2)14-20(18)22/h15-20H,5-14H2,1-4H3/t15-,16?,17?,18?,19?,20?,21-,22-/m0/s1. The van der Waals surface area contributed by atoms with E-state index >= 15 is 0 Å². The Morgan fingerprint density at radius 2 is 1.55 bits per heavy atom. The highest BCUT2D eigenvalue weighted by atomic mass is 14.6. The van der Waals surface area contributed by atoms with Crippen molar-refractivity contribution >= 4 is 0 Å². The van der Waals surface area contributed by atoms with Gasteiger partial charge in [-0.2, -0.15) is 0 Å². The third kappa shape index (κ3) is 2.07. The predicted molar refractivity (Wildman–Crippen MR) is 94.7 cm³/mol. The summed E-state index contributed by atoms with van der Waals surface area (Å²) in [6.07, 6.45) is 15.4. The van der Waals surface area contributed by atoms with Gasteiger partial charge >= 0.3 is 0 Å². The molecule has 0 radical (unpaired) electrons. The lowest BCUT2D eigenvalue weighted by Crippen LogP contribution is -2.56. The van der Waals surface area contributed by atoms with Crippen LogP contribution in [0.15, 0.2) is 0 Å². The molecule has 0 saturated heterocycles. The molecule has 5 unspecified atom stereocenters. The van der Waals surface area contributed by atoms with Gasteiger partial charge in [-0.1, -0.05) is 47.0 Å². The van der Waals surface area contributed by atoms with Crippen LogP contribution in [0, 0.1) is 46.3 Å². The van der Waals surface area contributed by atoms with Crippen molar-refractivity contribution in [3.8, 4) is 0 Å². The zero-order chi connectivity index (χ0) is 15.5. The van der Waals surface area contributed by atoms with Crippen molar-refractivity contribution in [1.29, 1.82) is 0 Å². The molecule has 0 heterocycles. The van der Waals surface area contributed by atoms with Crippen LogP contribution < -0.4 is 0 Å². The molecule has 0 N–H and O–H groups in total. The van der Waals surface area contributed by atoms with Crippen LogP contribution in [0.2, 0.25) is 0 Å². The van der Waals surface area contributed by atoms with Crippen LogP contribution in [0.3, 0.4) is 0 Å². The van der Waals surface area contributed by atoms with E-state index in [0.29, 0.717) is 10.8 Å². The van der Waals surface area contributed by atoms with Gasteiger partial charge in [0.25, 0.3) is 0 Å². The fraction of sp³-hybridized carbons (Fsp3) is 1.00. The lowest BCUT2D eigenvalue weighted by Gasteiger charge is -2.64. The van der Waals surface area contributed by atoms with Crippen molar-refractivity contribution < 1.29 is 0 Å². The number of hydrogen-bond acceptors (Lipinski definition) is 0. The Hall–Kier alpha value is 0. The van der Waals surface area contributed by atoms with Gasteiger partial charge in [0, 0.05) is 0 Å². The molecule has 4 saturated carbocycles. The van der Waals surface area contributed by atoms with Crippen molar-refractivity contribution in [3.63, 3.8) is 0 Å². The van der Waals surface area contributed by atoms with E-state index in [1.165, 1.54) is 38.5 Å². The third-order valence-electron chi connectivity index (χ3n) is 9.59. The largest absolute Gasteiger partial charge is 0.0625 e. The highest BCUT2D eigenvalue weighted by Gasteiger charge is 2.58. The summed E-state index contributed by atoms with van der Waals surface area (Å²) < 4.78 is 0. The summed E-state index contributed by atoms with van der Waals surface area (Å²) in [7, 11) is 0. The first-order chi connectivity index (χ1) is 10.4. The summed E-state index contributed by atoms with van der Waals surface area (Å²) in [5.41, 5.74) is 1.38. The summed E-state index contributed by atoms with van der Waals surface area (Å²) in [6, 6.07) is 0. The maximum Gasteiger partial charge on any atom is -0.0266 e. The first kappa shape index (κ1) is 15.5. The quantitative estimate of drug-likeness (QED) is 0.467. The average molecular weight is 303 g/mol. The van der Waals surface area contributed by atoms with Crippen LogP contribution in [0.5, 0.6) is 0 Å². The maximum absolute atomic E-state index is 2.72. The maximum atomic E-state index is 2.72. The van der Waals surface area contributed by atoms with Gasteiger partial charge in [-0.25, -0.2) is 0 Å². The van der Waals surface area contributed by atoms with Crippen molar-refractivity contribution in [3.05, 3.63) is 0 Å². The van der Waals surface area contributed by atoms with E-state index in [1.54, 1.807) is 25.7 Å². The SMILES string of the molecule is CC1CC2C(CCC3C[C@@H](C)CC[C@@]32C)C2CCCC[C@@]12C. The molecule has 0 heteroatoms. The van der Waals surface area contributed by atoms with Crippen LogP contribution in [0.25, 0.3) is 0 Å². The monoisotopic (exact) mass is 302 g/mol. The fourth-order valence-corrected chi connectivity index (χ4v) is 7.93. The lowest BCUT2D eigenvalue weighted by atomic mass is 9.41. The molecule has 0 aromatic carbocycles. The first-order valence-corrected chi connectivity index (χ1v) is 10.4. The van der Waals surface area contributed by atoms with Crippen molar-refractivity contribution in [2.45, 2.75) is 91.9 Å². The normalized spacial score (nSPS) is 58.4. The smallest absolute Gasteiger partial charge is 0.0266 e. The molecule has 0 amide bonds. The molecule has 4 fully saturated rings. The summed E-state index contributed by atoms with van der Waals surface area (Å²) in [5, 5.41) is 0. The van der Waals surface area contributed by atoms with E-state index in [2.05, 4.69) is 27.7 Å². The minimum atomic E-state index is 0.685. The van der Waals surface area contributed by atoms with Crippen molar-refractivity contribution in [2.75, 3.05) is 0 Å². The van der Waals surface area contributed by atoms with Gasteiger partial charge in [-0.3, -0.25) is 0 Å². The second-order valence-electron chi connectivity index (χ2n) is 10.4. The number of hydrogen-bond donors (Lipinski definition) is 0. The molecule has 0 aromatic heterocycles. The number of rotatable bonds is 0. The van der Waals surface area contributed by atoms with E-state index < -0.39 is 0 Å². The summed E-state index contributed by atoms with van der Waals surface area (Å²) in [4.78, 5) is 0. The van der Waals surface area contributed by atoms with E-state index in [-0.39, 0.29) is 0 Å². The number of fused-ring (bicyclic) bond motifs is 5. The molecular formula is C22H38. The second-order valence-corrected chi connectivity index (χ2v) is 10.4. The van der Waals surface area contributed by atoms with Crippen LogP contribution in [-0.2, 0) is 0 Å². The van der Waals surface area contributed by atoms with Crippen LogP contribution >= 0.6 is 0 Å². The summed E-state index contributed by atoms with van der Waals surface area (Å²) >= 11 is 0. The van der Waals surface area contributed by atoms with Gasteiger partial charge in [-0.15, -0.1) is 0 Å². The van der Waals surface area contributed by atoms with E-state index in [1.807, 2.05) is 0 Å². The van der Waals surface area contributed by atoms with Crippen LogP contribution in [-0.4, -0.2) is 0 Å². The molecule has 22 heavy (non-hydrogen) atoms. The third-order valence-corrected chi connectivity index (χ3v) is 9.59. The fourth-order valence-electron chi connectivity index (χ4n) is 7.93. The van der Waals surface area contributed by atoms with Gasteiger partial charge in [0.05, 0.1) is 0 Å². The van der Waals surface area contributed by atoms with Gasteiger partial charge in [0.15, 0.2) is 0 Å². The predicted octanol–water partition coefficient (Wildman–Crippen LogP) is 6.69. The zero-order valence-electron chi connectivity index (χ0n) is 15.5. The Kier molecular flexibility index (Phi) is 3.70. The Morgan fingerprint density at radius 1 is 0.727 bits per heavy atom. The van der Waals surface area contributed by atoms with Gasteiger partial charge in [0.2, 0.25) is 0 Å². The van der Waals surface area contributed by atoms with E-state index in [0.717, 1.165) is 35.5 Å². The molecule has 8 atom stereocenters. The molecule has 4 rings (SSSR count). The molecule has 4 aliphatic rings. The lowest BCUT2D eigenvalue weighted by molar-refractivity contribution is -0.150. The van der Waals surface area contributed by atoms with Crippen LogP contribution in [0.1, 0.15) is 91.9 Å². The first-order valence-electron chi connectivity index (χ1n) is 10.4. The molecule has 0 aliphatic heterocycles. The minimum Gasteiger partial charge on any atom is -0.0625 e. The Morgan fingerprint density at radius 3 is 2.36 bits per heavy atom. The minimum absolute atomic E-state index is 0.685. The van der Waals surface area contributed by atoms with E-state index in [4.69, 9.17) is 0 Å². The van der Waals surface area contributed by atoms with Crippen LogP contribution in [0.4, 0.5) is 0 Å². The molecule has 126 valence electrons. The van der Waals surface area contributed by atoms with Gasteiger partial charge < -0.3 is 0 Å².